The first-order valence-corrected chi connectivity index (χ1v) is 8.35. The van der Waals surface area contributed by atoms with Gasteiger partial charge in [0.1, 0.15) is 0 Å². The third-order valence-electron chi connectivity index (χ3n) is 3.62. The Bertz CT molecular complexity index is 566. The van der Waals surface area contributed by atoms with Gasteiger partial charge in [0.05, 0.1) is 5.88 Å². The molecule has 1 aliphatic heterocycles. The van der Waals surface area contributed by atoms with Crippen molar-refractivity contribution in [1.82, 2.24) is 14.5 Å². The van der Waals surface area contributed by atoms with Crippen molar-refractivity contribution in [3.05, 3.63) is 11.3 Å². The van der Waals surface area contributed by atoms with Gasteiger partial charge < -0.3 is 0 Å². The molecule has 2 heterocycles. The third kappa shape index (κ3) is 2.80. The Morgan fingerprint density at radius 3 is 2.74 bits per heavy atom. The molecule has 1 aromatic rings. The summed E-state index contributed by atoms with van der Waals surface area (Å²) in [5, 5.41) is 6.74. The average molecular weight is 306 g/mol. The Kier molecular flexibility index (Phi) is 3.95. The number of H-pyrrole nitrogens is 1. The molecule has 0 aliphatic carbocycles. The van der Waals surface area contributed by atoms with E-state index in [1.807, 2.05) is 0 Å². The third-order valence-corrected chi connectivity index (χ3v) is 5.70. The van der Waals surface area contributed by atoms with Gasteiger partial charge in [-0.15, -0.1) is 11.6 Å². The normalized spacial score (nSPS) is 20.6. The molecule has 0 bridgehead atoms. The quantitative estimate of drug-likeness (QED) is 0.871. The molecule has 1 aliphatic rings. The number of aryl methyl sites for hydroxylation is 1. The predicted molar refractivity (Wildman–Crippen MR) is 74.7 cm³/mol. The first-order valence-electron chi connectivity index (χ1n) is 6.38. The lowest BCUT2D eigenvalue weighted by Gasteiger charge is -2.36. The van der Waals surface area contributed by atoms with Crippen LogP contribution in [0.1, 0.15) is 37.9 Å². The molecule has 1 aromatic heterocycles. The van der Waals surface area contributed by atoms with Crippen molar-refractivity contribution >= 4 is 21.6 Å². The molecule has 0 radical (unpaired) electrons. The summed E-state index contributed by atoms with van der Waals surface area (Å²) in [6, 6.07) is 0. The number of aromatic nitrogens is 2. The second-order valence-electron chi connectivity index (χ2n) is 5.87. The number of halogens is 1. The van der Waals surface area contributed by atoms with Crippen LogP contribution >= 0.6 is 11.6 Å². The highest BCUT2D eigenvalue weighted by atomic mass is 35.5. The lowest BCUT2D eigenvalue weighted by Crippen LogP contribution is -2.43. The summed E-state index contributed by atoms with van der Waals surface area (Å²) >= 11 is 5.84. The van der Waals surface area contributed by atoms with Gasteiger partial charge in [0.2, 0.25) is 0 Å². The molecule has 1 saturated heterocycles. The number of hydrogen-bond acceptors (Lipinski definition) is 3. The molecule has 0 saturated carbocycles. The minimum Gasteiger partial charge on any atom is -0.281 e. The van der Waals surface area contributed by atoms with Crippen LogP contribution in [0.25, 0.3) is 0 Å². The van der Waals surface area contributed by atoms with Crippen LogP contribution in [0, 0.1) is 12.3 Å². The van der Waals surface area contributed by atoms with Gasteiger partial charge in [0.25, 0.3) is 10.0 Å². The Morgan fingerprint density at radius 1 is 1.47 bits per heavy atom. The Morgan fingerprint density at radius 2 is 2.16 bits per heavy atom. The Labute approximate surface area is 119 Å². The average Bonchev–Trinajstić information content (AvgIpc) is 2.69. The van der Waals surface area contributed by atoms with Crippen molar-refractivity contribution in [1.29, 1.82) is 0 Å². The maximum atomic E-state index is 12.7. The molecule has 108 valence electrons. The number of piperidine rings is 1. The van der Waals surface area contributed by atoms with E-state index < -0.39 is 10.0 Å². The van der Waals surface area contributed by atoms with E-state index in [0.717, 1.165) is 12.8 Å². The first kappa shape index (κ1) is 14.8. The molecular weight excluding hydrogens is 286 g/mol. The zero-order chi connectivity index (χ0) is 14.3. The van der Waals surface area contributed by atoms with Gasteiger partial charge in [-0.25, -0.2) is 8.42 Å². The summed E-state index contributed by atoms with van der Waals surface area (Å²) in [7, 11) is -3.55. The maximum absolute atomic E-state index is 12.7. The number of rotatable bonds is 3. The smallest absolute Gasteiger partial charge is 0.262 e. The van der Waals surface area contributed by atoms with Crippen LogP contribution < -0.4 is 0 Å². The zero-order valence-corrected chi connectivity index (χ0v) is 13.1. The summed E-state index contributed by atoms with van der Waals surface area (Å²) in [6.45, 7) is 7.05. The molecule has 0 aromatic carbocycles. The topological polar surface area (TPSA) is 66.1 Å². The van der Waals surface area contributed by atoms with Crippen molar-refractivity contribution < 1.29 is 8.42 Å². The van der Waals surface area contributed by atoms with Gasteiger partial charge in [-0.05, 0) is 25.2 Å². The predicted octanol–water partition coefficient (Wildman–Crippen LogP) is 2.27. The minimum absolute atomic E-state index is 0.0117. The second-order valence-corrected chi connectivity index (χ2v) is 7.99. The largest absolute Gasteiger partial charge is 0.281 e. The Hall–Kier alpha value is -0.590. The van der Waals surface area contributed by atoms with E-state index in [1.54, 1.807) is 6.92 Å². The summed E-state index contributed by atoms with van der Waals surface area (Å²) in [6.07, 6.45) is 1.92. The van der Waals surface area contributed by atoms with E-state index in [1.165, 1.54) is 4.31 Å². The van der Waals surface area contributed by atoms with Crippen molar-refractivity contribution in [2.75, 3.05) is 13.1 Å². The van der Waals surface area contributed by atoms with E-state index >= 15 is 0 Å². The fourth-order valence-electron chi connectivity index (χ4n) is 2.50. The second kappa shape index (κ2) is 5.07. The minimum atomic E-state index is -3.55. The summed E-state index contributed by atoms with van der Waals surface area (Å²) < 4.78 is 26.8. The molecule has 7 heteroatoms. The molecule has 2 rings (SSSR count). The zero-order valence-electron chi connectivity index (χ0n) is 11.5. The lowest BCUT2D eigenvalue weighted by atomic mass is 9.85. The number of sulfonamides is 1. The molecule has 5 nitrogen and oxygen atoms in total. The summed E-state index contributed by atoms with van der Waals surface area (Å²) in [4.78, 5) is 0. The number of nitrogens with zero attached hydrogens (tertiary/aromatic N) is 2. The lowest BCUT2D eigenvalue weighted by molar-refractivity contribution is 0.186. The van der Waals surface area contributed by atoms with E-state index in [9.17, 15) is 8.42 Å². The highest BCUT2D eigenvalue weighted by Gasteiger charge is 2.36. The van der Waals surface area contributed by atoms with Crippen molar-refractivity contribution in [3.63, 3.8) is 0 Å². The monoisotopic (exact) mass is 305 g/mol. The van der Waals surface area contributed by atoms with Crippen LogP contribution in [0.5, 0.6) is 0 Å². The fraction of sp³-hybridized carbons (Fsp3) is 0.750. The van der Waals surface area contributed by atoms with Crippen LogP contribution in [-0.2, 0) is 15.9 Å². The number of nitrogens with one attached hydrogen (secondary N) is 1. The molecule has 0 atom stereocenters. The van der Waals surface area contributed by atoms with Crippen molar-refractivity contribution in [2.45, 2.75) is 44.5 Å². The number of hydrogen-bond donors (Lipinski definition) is 1. The van der Waals surface area contributed by atoms with Crippen LogP contribution in [0.3, 0.4) is 0 Å². The standard InChI is InChI=1S/C12H20ClN3O2S/c1-9-10(7-13)11(15-14-9)19(17,18)16-6-4-5-12(2,3)8-16/h4-8H2,1-3H3,(H,14,15). The first-order chi connectivity index (χ1) is 8.78. The van der Waals surface area contributed by atoms with Crippen molar-refractivity contribution in [2.24, 2.45) is 5.41 Å². The molecule has 0 spiro atoms. The highest BCUT2D eigenvalue weighted by Crippen LogP contribution is 2.32. The van der Waals surface area contributed by atoms with Gasteiger partial charge in [0.15, 0.2) is 5.03 Å². The van der Waals surface area contributed by atoms with E-state index in [4.69, 9.17) is 11.6 Å². The van der Waals surface area contributed by atoms with E-state index in [0.29, 0.717) is 24.3 Å². The highest BCUT2D eigenvalue weighted by molar-refractivity contribution is 7.89. The molecule has 0 amide bonds. The molecule has 1 N–H and O–H groups in total. The van der Waals surface area contributed by atoms with Gasteiger partial charge in [-0.3, -0.25) is 5.10 Å². The van der Waals surface area contributed by atoms with E-state index in [-0.39, 0.29) is 16.3 Å². The summed E-state index contributed by atoms with van der Waals surface area (Å²) in [5.41, 5.74) is 1.30. The number of alkyl halides is 1. The van der Waals surface area contributed by atoms with E-state index in [2.05, 4.69) is 24.0 Å². The van der Waals surface area contributed by atoms with Crippen LogP contribution in [0.2, 0.25) is 0 Å². The fourth-order valence-corrected chi connectivity index (χ4v) is 4.74. The van der Waals surface area contributed by atoms with Crippen LogP contribution in [0.15, 0.2) is 5.03 Å². The summed E-state index contributed by atoms with van der Waals surface area (Å²) in [5.74, 6) is 0.147. The Balaban J connectivity index is 2.37. The van der Waals surface area contributed by atoms with Gasteiger partial charge in [0, 0.05) is 24.3 Å². The molecular formula is C12H20ClN3O2S. The van der Waals surface area contributed by atoms with Gasteiger partial charge in [-0.1, -0.05) is 13.8 Å². The number of aromatic amines is 1. The molecule has 19 heavy (non-hydrogen) atoms. The van der Waals surface area contributed by atoms with Crippen LogP contribution in [-0.4, -0.2) is 36.0 Å². The maximum Gasteiger partial charge on any atom is 0.262 e. The SMILES string of the molecule is Cc1[nH]nc(S(=O)(=O)N2CCCC(C)(C)C2)c1CCl. The van der Waals surface area contributed by atoms with Crippen LogP contribution in [0.4, 0.5) is 0 Å². The van der Waals surface area contributed by atoms with Crippen molar-refractivity contribution in [3.8, 4) is 0 Å². The van der Waals surface area contributed by atoms with Gasteiger partial charge >= 0.3 is 0 Å². The van der Waals surface area contributed by atoms with Gasteiger partial charge in [-0.2, -0.15) is 9.40 Å². The molecule has 1 fully saturated rings. The molecule has 0 unspecified atom stereocenters.